The summed E-state index contributed by atoms with van der Waals surface area (Å²) < 4.78 is 38.2. The van der Waals surface area contributed by atoms with Crippen LogP contribution < -0.4 is 4.90 Å². The van der Waals surface area contributed by atoms with Gasteiger partial charge in [-0.05, 0) is 6.07 Å². The first-order valence-corrected chi connectivity index (χ1v) is 10.1. The van der Waals surface area contributed by atoms with E-state index in [0.717, 1.165) is 23.0 Å². The third-order valence-electron chi connectivity index (χ3n) is 4.48. The van der Waals surface area contributed by atoms with Crippen molar-refractivity contribution in [1.82, 2.24) is 14.9 Å². The molecule has 0 radical (unpaired) electrons. The molecule has 10 heteroatoms. The maximum Gasteiger partial charge on any atom is 0.417 e. The van der Waals surface area contributed by atoms with Crippen LogP contribution in [-0.4, -0.2) is 47.0 Å². The number of alkyl halides is 3. The van der Waals surface area contributed by atoms with Gasteiger partial charge in [-0.15, -0.1) is 11.3 Å². The number of nitrogens with zero attached hydrogens (tertiary/aromatic N) is 4. The van der Waals surface area contributed by atoms with E-state index in [1.807, 2.05) is 5.38 Å². The molecule has 1 fully saturated rings. The van der Waals surface area contributed by atoms with E-state index in [0.29, 0.717) is 37.9 Å². The Morgan fingerprint density at radius 1 is 1.29 bits per heavy atom. The number of anilines is 1. The molecule has 28 heavy (non-hydrogen) atoms. The van der Waals surface area contributed by atoms with Crippen molar-refractivity contribution in [2.45, 2.75) is 32.4 Å². The van der Waals surface area contributed by atoms with Gasteiger partial charge in [-0.1, -0.05) is 25.4 Å². The monoisotopic (exact) mass is 432 g/mol. The number of pyridine rings is 1. The molecule has 1 saturated heterocycles. The van der Waals surface area contributed by atoms with Crippen LogP contribution in [0.4, 0.5) is 19.0 Å². The average Bonchev–Trinajstić information content (AvgIpc) is 3.10. The zero-order valence-electron chi connectivity index (χ0n) is 15.5. The summed E-state index contributed by atoms with van der Waals surface area (Å²) in [5.41, 5.74) is -0.104. The van der Waals surface area contributed by atoms with Crippen LogP contribution in [0.1, 0.15) is 36.0 Å². The fourth-order valence-electron chi connectivity index (χ4n) is 2.92. The van der Waals surface area contributed by atoms with Gasteiger partial charge in [-0.25, -0.2) is 9.97 Å². The summed E-state index contributed by atoms with van der Waals surface area (Å²) in [6, 6.07) is 0.885. The maximum atomic E-state index is 12.7. The molecular formula is C18H20ClF3N4OS. The summed E-state index contributed by atoms with van der Waals surface area (Å²) in [6.45, 7) is 5.95. The van der Waals surface area contributed by atoms with Gasteiger partial charge in [-0.3, -0.25) is 4.79 Å². The molecular weight excluding hydrogens is 413 g/mol. The standard InChI is InChI=1S/C18H20ClF3N4OS/c1-11(2)17-24-13(10-28-17)8-15(27)25-3-5-26(6-4-25)16-14(19)7-12(9-23-16)18(20,21)22/h7,9-11H,3-6,8H2,1-2H3. The molecule has 3 rings (SSSR count). The lowest BCUT2D eigenvalue weighted by Gasteiger charge is -2.35. The molecule has 0 spiro atoms. The third kappa shape index (κ3) is 4.75. The van der Waals surface area contributed by atoms with Gasteiger partial charge in [-0.2, -0.15) is 13.2 Å². The molecule has 1 aliphatic heterocycles. The summed E-state index contributed by atoms with van der Waals surface area (Å²) in [5.74, 6) is 0.632. The highest BCUT2D eigenvalue weighted by Crippen LogP contribution is 2.33. The molecule has 152 valence electrons. The maximum absolute atomic E-state index is 12.7. The van der Waals surface area contributed by atoms with Crippen molar-refractivity contribution in [2.24, 2.45) is 0 Å². The number of thiazole rings is 1. The Morgan fingerprint density at radius 3 is 2.50 bits per heavy atom. The predicted octanol–water partition coefficient (Wildman–Crippen LogP) is 4.23. The minimum absolute atomic E-state index is 0.00766. The fraction of sp³-hybridized carbons (Fsp3) is 0.500. The first kappa shape index (κ1) is 20.9. The number of carbonyl (C=O) groups is 1. The lowest BCUT2D eigenvalue weighted by atomic mass is 10.2. The summed E-state index contributed by atoms with van der Waals surface area (Å²) >= 11 is 7.57. The van der Waals surface area contributed by atoms with Gasteiger partial charge in [0, 0.05) is 43.7 Å². The largest absolute Gasteiger partial charge is 0.417 e. The van der Waals surface area contributed by atoms with E-state index in [-0.39, 0.29) is 17.4 Å². The number of rotatable bonds is 4. The highest BCUT2D eigenvalue weighted by atomic mass is 35.5. The quantitative estimate of drug-likeness (QED) is 0.725. The smallest absolute Gasteiger partial charge is 0.352 e. The number of hydrogen-bond donors (Lipinski definition) is 0. The highest BCUT2D eigenvalue weighted by molar-refractivity contribution is 7.09. The highest BCUT2D eigenvalue weighted by Gasteiger charge is 2.32. The molecule has 1 aliphatic rings. The minimum Gasteiger partial charge on any atom is -0.352 e. The molecule has 2 aromatic rings. The van der Waals surface area contributed by atoms with Gasteiger partial charge in [0.05, 0.1) is 27.7 Å². The predicted molar refractivity (Wildman–Crippen MR) is 103 cm³/mol. The lowest BCUT2D eigenvalue weighted by molar-refractivity contribution is -0.137. The van der Waals surface area contributed by atoms with E-state index in [1.165, 1.54) is 0 Å². The van der Waals surface area contributed by atoms with E-state index < -0.39 is 11.7 Å². The number of hydrogen-bond acceptors (Lipinski definition) is 5. The second kappa shape index (κ2) is 8.24. The van der Waals surface area contributed by atoms with Crippen molar-refractivity contribution in [2.75, 3.05) is 31.1 Å². The van der Waals surface area contributed by atoms with Gasteiger partial charge < -0.3 is 9.80 Å². The Kier molecular flexibility index (Phi) is 6.14. The summed E-state index contributed by atoms with van der Waals surface area (Å²) in [5, 5.41) is 2.88. The first-order valence-electron chi connectivity index (χ1n) is 8.85. The molecule has 0 N–H and O–H groups in total. The van der Waals surface area contributed by atoms with Crippen molar-refractivity contribution in [3.05, 3.63) is 38.9 Å². The number of amides is 1. The van der Waals surface area contributed by atoms with Crippen LogP contribution in [0.5, 0.6) is 0 Å². The van der Waals surface area contributed by atoms with Gasteiger partial charge >= 0.3 is 6.18 Å². The second-order valence-corrected chi connectivity index (χ2v) is 8.20. The zero-order valence-corrected chi connectivity index (χ0v) is 17.0. The van der Waals surface area contributed by atoms with Crippen molar-refractivity contribution < 1.29 is 18.0 Å². The van der Waals surface area contributed by atoms with E-state index in [2.05, 4.69) is 23.8 Å². The van der Waals surface area contributed by atoms with Crippen LogP contribution in [0, 0.1) is 0 Å². The van der Waals surface area contributed by atoms with Gasteiger partial charge in [0.25, 0.3) is 0 Å². The van der Waals surface area contributed by atoms with Crippen molar-refractivity contribution in [3.63, 3.8) is 0 Å². The SMILES string of the molecule is CC(C)c1nc(CC(=O)N2CCN(c3ncc(C(F)(F)F)cc3Cl)CC2)cs1. The molecule has 0 saturated carbocycles. The fourth-order valence-corrected chi connectivity index (χ4v) is 4.04. The van der Waals surface area contributed by atoms with Crippen LogP contribution in [0.2, 0.25) is 5.02 Å². The molecule has 0 aliphatic carbocycles. The molecule has 2 aromatic heterocycles. The van der Waals surface area contributed by atoms with Crippen LogP contribution in [0.25, 0.3) is 0 Å². The minimum atomic E-state index is -4.48. The zero-order chi connectivity index (χ0) is 20.5. The molecule has 0 bridgehead atoms. The van der Waals surface area contributed by atoms with Crippen molar-refractivity contribution in [3.8, 4) is 0 Å². The second-order valence-electron chi connectivity index (χ2n) is 6.90. The average molecular weight is 433 g/mol. The van der Waals surface area contributed by atoms with Crippen LogP contribution >= 0.6 is 22.9 Å². The molecule has 0 aromatic carbocycles. The lowest BCUT2D eigenvalue weighted by Crippen LogP contribution is -2.49. The van der Waals surface area contributed by atoms with E-state index >= 15 is 0 Å². The Balaban J connectivity index is 1.58. The van der Waals surface area contributed by atoms with Gasteiger partial charge in [0.15, 0.2) is 0 Å². The first-order chi connectivity index (χ1) is 13.1. The van der Waals surface area contributed by atoms with Crippen molar-refractivity contribution in [1.29, 1.82) is 0 Å². The molecule has 1 amide bonds. The number of aromatic nitrogens is 2. The number of piperazine rings is 1. The topological polar surface area (TPSA) is 49.3 Å². The Labute approximate surface area is 170 Å². The molecule has 3 heterocycles. The van der Waals surface area contributed by atoms with E-state index in [9.17, 15) is 18.0 Å². The third-order valence-corrected chi connectivity index (χ3v) is 5.95. The molecule has 0 unspecified atom stereocenters. The van der Waals surface area contributed by atoms with Crippen LogP contribution in [-0.2, 0) is 17.4 Å². The summed E-state index contributed by atoms with van der Waals surface area (Å²) in [4.78, 5) is 24.4. The summed E-state index contributed by atoms with van der Waals surface area (Å²) in [7, 11) is 0. The number of halogens is 4. The molecule has 5 nitrogen and oxygen atoms in total. The van der Waals surface area contributed by atoms with Gasteiger partial charge in [0.1, 0.15) is 5.82 Å². The molecule has 0 atom stereocenters. The van der Waals surface area contributed by atoms with E-state index in [1.54, 1.807) is 21.1 Å². The normalized spacial score (nSPS) is 15.4. The van der Waals surface area contributed by atoms with Crippen LogP contribution in [0.3, 0.4) is 0 Å². The number of carbonyl (C=O) groups excluding carboxylic acids is 1. The van der Waals surface area contributed by atoms with Gasteiger partial charge in [0.2, 0.25) is 5.91 Å². The Morgan fingerprint density at radius 2 is 1.96 bits per heavy atom. The Bertz CT molecular complexity index is 848. The van der Waals surface area contributed by atoms with Crippen LogP contribution in [0.15, 0.2) is 17.6 Å². The van der Waals surface area contributed by atoms with E-state index in [4.69, 9.17) is 11.6 Å². The Hall–Kier alpha value is -1.87. The summed E-state index contributed by atoms with van der Waals surface area (Å²) in [6.07, 6.45) is -3.44. The van der Waals surface area contributed by atoms with Crippen molar-refractivity contribution >= 4 is 34.7 Å².